The SMILES string of the molecule is Cc1cc(N(C)C)nc(CNC(=O)Cn2cnc3ccccc3c2=O)n1. The molecule has 3 rings (SSSR count). The van der Waals surface area contributed by atoms with Crippen molar-refractivity contribution in [3.63, 3.8) is 0 Å². The zero-order chi connectivity index (χ0) is 18.7. The van der Waals surface area contributed by atoms with E-state index >= 15 is 0 Å². The van der Waals surface area contributed by atoms with Gasteiger partial charge in [-0.2, -0.15) is 0 Å². The number of anilines is 1. The third-order valence-corrected chi connectivity index (χ3v) is 3.83. The van der Waals surface area contributed by atoms with E-state index in [-0.39, 0.29) is 24.6 Å². The summed E-state index contributed by atoms with van der Waals surface area (Å²) in [6.45, 7) is 1.96. The van der Waals surface area contributed by atoms with Gasteiger partial charge in [0.25, 0.3) is 5.56 Å². The highest BCUT2D eigenvalue weighted by atomic mass is 16.2. The van der Waals surface area contributed by atoms with Crippen LogP contribution in [-0.4, -0.2) is 39.5 Å². The van der Waals surface area contributed by atoms with E-state index in [1.807, 2.05) is 38.1 Å². The number of nitrogens with one attached hydrogen (secondary N) is 1. The topological polar surface area (TPSA) is 93.0 Å². The number of fused-ring (bicyclic) bond motifs is 1. The molecule has 0 bridgehead atoms. The molecule has 134 valence electrons. The van der Waals surface area contributed by atoms with Crippen LogP contribution in [0.15, 0.2) is 41.5 Å². The molecule has 1 N–H and O–H groups in total. The fourth-order valence-corrected chi connectivity index (χ4v) is 2.53. The van der Waals surface area contributed by atoms with Gasteiger partial charge in [0.1, 0.15) is 18.2 Å². The lowest BCUT2D eigenvalue weighted by Gasteiger charge is -2.13. The Labute approximate surface area is 150 Å². The predicted octanol–water partition coefficient (Wildman–Crippen LogP) is 0.877. The maximum Gasteiger partial charge on any atom is 0.261 e. The van der Waals surface area contributed by atoms with Crippen LogP contribution in [0.1, 0.15) is 11.5 Å². The third-order valence-electron chi connectivity index (χ3n) is 3.83. The van der Waals surface area contributed by atoms with Crippen molar-refractivity contribution in [2.24, 2.45) is 0 Å². The highest BCUT2D eigenvalue weighted by molar-refractivity contribution is 5.78. The zero-order valence-corrected chi connectivity index (χ0v) is 14.9. The summed E-state index contributed by atoms with van der Waals surface area (Å²) in [5.41, 5.74) is 1.19. The van der Waals surface area contributed by atoms with Crippen LogP contribution < -0.4 is 15.8 Å². The van der Waals surface area contributed by atoms with Crippen molar-refractivity contribution in [3.8, 4) is 0 Å². The lowest BCUT2D eigenvalue weighted by atomic mass is 10.2. The molecular formula is C18H20N6O2. The van der Waals surface area contributed by atoms with Crippen molar-refractivity contribution in [2.75, 3.05) is 19.0 Å². The Morgan fingerprint density at radius 1 is 1.23 bits per heavy atom. The Bertz CT molecular complexity index is 1010. The molecule has 0 aliphatic carbocycles. The summed E-state index contributed by atoms with van der Waals surface area (Å²) in [5, 5.41) is 3.23. The third kappa shape index (κ3) is 3.85. The molecule has 1 amide bonds. The number of rotatable bonds is 5. The van der Waals surface area contributed by atoms with Gasteiger partial charge in [-0.3, -0.25) is 14.2 Å². The molecular weight excluding hydrogens is 332 g/mol. The van der Waals surface area contributed by atoms with Gasteiger partial charge >= 0.3 is 0 Å². The van der Waals surface area contributed by atoms with Gasteiger partial charge in [-0.1, -0.05) is 12.1 Å². The highest BCUT2D eigenvalue weighted by Gasteiger charge is 2.09. The maximum absolute atomic E-state index is 12.4. The van der Waals surface area contributed by atoms with Crippen molar-refractivity contribution >= 4 is 22.6 Å². The van der Waals surface area contributed by atoms with E-state index in [2.05, 4.69) is 20.3 Å². The maximum atomic E-state index is 12.4. The van der Waals surface area contributed by atoms with Gasteiger partial charge in [0.2, 0.25) is 5.91 Å². The molecule has 0 saturated carbocycles. The number of nitrogens with zero attached hydrogens (tertiary/aromatic N) is 5. The highest BCUT2D eigenvalue weighted by Crippen LogP contribution is 2.09. The van der Waals surface area contributed by atoms with Crippen molar-refractivity contribution < 1.29 is 4.79 Å². The van der Waals surface area contributed by atoms with Crippen LogP contribution in [0.2, 0.25) is 0 Å². The first-order chi connectivity index (χ1) is 12.4. The summed E-state index contributed by atoms with van der Waals surface area (Å²) in [4.78, 5) is 39.4. The molecule has 1 aromatic carbocycles. The molecule has 0 atom stereocenters. The van der Waals surface area contributed by atoms with Crippen LogP contribution in [0.3, 0.4) is 0 Å². The van der Waals surface area contributed by atoms with Crippen molar-refractivity contribution in [3.05, 3.63) is 58.5 Å². The number of aryl methyl sites for hydroxylation is 1. The van der Waals surface area contributed by atoms with Crippen LogP contribution in [0.25, 0.3) is 10.9 Å². The fourth-order valence-electron chi connectivity index (χ4n) is 2.53. The average molecular weight is 352 g/mol. The summed E-state index contributed by atoms with van der Waals surface area (Å²) in [5.74, 6) is 0.989. The van der Waals surface area contributed by atoms with Crippen molar-refractivity contribution in [1.82, 2.24) is 24.8 Å². The van der Waals surface area contributed by atoms with E-state index in [0.29, 0.717) is 16.7 Å². The molecule has 26 heavy (non-hydrogen) atoms. The Morgan fingerprint density at radius 3 is 2.77 bits per heavy atom. The largest absolute Gasteiger partial charge is 0.363 e. The van der Waals surface area contributed by atoms with E-state index in [9.17, 15) is 9.59 Å². The molecule has 0 unspecified atom stereocenters. The van der Waals surface area contributed by atoms with Crippen LogP contribution >= 0.6 is 0 Å². The normalized spacial score (nSPS) is 10.7. The first-order valence-electron chi connectivity index (χ1n) is 8.17. The smallest absolute Gasteiger partial charge is 0.261 e. The molecule has 0 spiro atoms. The summed E-state index contributed by atoms with van der Waals surface area (Å²) in [7, 11) is 3.78. The molecule has 0 saturated heterocycles. The predicted molar refractivity (Wildman–Crippen MR) is 98.9 cm³/mol. The van der Waals surface area contributed by atoms with E-state index < -0.39 is 0 Å². The quantitative estimate of drug-likeness (QED) is 0.733. The Morgan fingerprint density at radius 2 is 2.00 bits per heavy atom. The molecule has 0 radical (unpaired) electrons. The minimum atomic E-state index is -0.305. The van der Waals surface area contributed by atoms with Crippen LogP contribution in [-0.2, 0) is 17.9 Å². The Balaban J connectivity index is 1.70. The minimum absolute atomic E-state index is 0.108. The van der Waals surface area contributed by atoms with Crippen LogP contribution in [0, 0.1) is 6.92 Å². The number of para-hydroxylation sites is 1. The average Bonchev–Trinajstić information content (AvgIpc) is 2.62. The lowest BCUT2D eigenvalue weighted by Crippen LogP contribution is -2.32. The first-order valence-corrected chi connectivity index (χ1v) is 8.17. The fraction of sp³-hybridized carbons (Fsp3) is 0.278. The second-order valence-electron chi connectivity index (χ2n) is 6.15. The number of aromatic nitrogens is 4. The molecule has 0 aliphatic rings. The summed E-state index contributed by atoms with van der Waals surface area (Å²) < 4.78 is 1.29. The van der Waals surface area contributed by atoms with Crippen molar-refractivity contribution in [1.29, 1.82) is 0 Å². The molecule has 0 fully saturated rings. The Hall–Kier alpha value is -3.29. The van der Waals surface area contributed by atoms with Crippen molar-refractivity contribution in [2.45, 2.75) is 20.0 Å². The van der Waals surface area contributed by atoms with Gasteiger partial charge in [-0.25, -0.2) is 15.0 Å². The molecule has 2 aromatic heterocycles. The van der Waals surface area contributed by atoms with Gasteiger partial charge in [0.05, 0.1) is 23.8 Å². The number of carbonyl (C=O) groups excluding carboxylic acids is 1. The molecule has 3 aromatic rings. The van der Waals surface area contributed by atoms with E-state index in [4.69, 9.17) is 0 Å². The number of benzene rings is 1. The summed E-state index contributed by atoms with van der Waals surface area (Å²) in [6.07, 6.45) is 1.39. The van der Waals surface area contributed by atoms with E-state index in [1.165, 1.54) is 10.9 Å². The van der Waals surface area contributed by atoms with Gasteiger partial charge in [-0.15, -0.1) is 0 Å². The van der Waals surface area contributed by atoms with Gasteiger partial charge in [-0.05, 0) is 19.1 Å². The van der Waals surface area contributed by atoms with E-state index in [0.717, 1.165) is 11.5 Å². The summed E-state index contributed by atoms with van der Waals surface area (Å²) >= 11 is 0. The number of hydrogen-bond acceptors (Lipinski definition) is 6. The van der Waals surface area contributed by atoms with E-state index in [1.54, 1.807) is 18.2 Å². The lowest BCUT2D eigenvalue weighted by molar-refractivity contribution is -0.121. The number of amides is 1. The Kier molecular flexibility index (Phi) is 4.92. The molecule has 2 heterocycles. The minimum Gasteiger partial charge on any atom is -0.363 e. The van der Waals surface area contributed by atoms with Gasteiger partial charge < -0.3 is 10.2 Å². The second-order valence-corrected chi connectivity index (χ2v) is 6.15. The molecule has 8 nitrogen and oxygen atoms in total. The molecule has 0 aliphatic heterocycles. The van der Waals surface area contributed by atoms with Gasteiger partial charge in [0.15, 0.2) is 0 Å². The second kappa shape index (κ2) is 7.30. The van der Waals surface area contributed by atoms with Crippen LogP contribution in [0.4, 0.5) is 5.82 Å². The number of carbonyl (C=O) groups is 1. The van der Waals surface area contributed by atoms with Crippen LogP contribution in [0.5, 0.6) is 0 Å². The number of hydrogen-bond donors (Lipinski definition) is 1. The van der Waals surface area contributed by atoms with Gasteiger partial charge in [0, 0.05) is 25.9 Å². The summed E-state index contributed by atoms with van der Waals surface area (Å²) in [6, 6.07) is 8.91. The first kappa shape index (κ1) is 17.5. The molecule has 8 heteroatoms. The zero-order valence-electron chi connectivity index (χ0n) is 14.9. The standard InChI is InChI=1S/C18H20N6O2/c1-12-8-16(23(2)3)22-15(21-12)9-19-17(25)10-24-11-20-14-7-5-4-6-13(14)18(24)26/h4-8,11H,9-10H2,1-3H3,(H,19,25). The monoisotopic (exact) mass is 352 g/mol.